The molecule has 0 spiro atoms. The van der Waals surface area contributed by atoms with Crippen LogP contribution >= 0.6 is 0 Å². The zero-order valence-electron chi connectivity index (χ0n) is 8.58. The first-order valence-corrected chi connectivity index (χ1v) is 4.68. The quantitative estimate of drug-likeness (QED) is 0.580. The monoisotopic (exact) mass is 232 g/mol. The van der Waals surface area contributed by atoms with Crippen molar-refractivity contribution in [2.45, 2.75) is 0 Å². The predicted octanol–water partition coefficient (Wildman–Crippen LogP) is 0.127. The zero-order valence-corrected chi connectivity index (χ0v) is 8.58. The van der Waals surface area contributed by atoms with Crippen LogP contribution < -0.4 is 11.0 Å². The van der Waals surface area contributed by atoms with E-state index < -0.39 is 5.91 Å². The minimum atomic E-state index is -0.524. The van der Waals surface area contributed by atoms with Crippen LogP contribution in [0.1, 0.15) is 16.2 Å². The highest BCUT2D eigenvalue weighted by atomic mass is 16.3. The summed E-state index contributed by atoms with van der Waals surface area (Å²) in [7, 11) is 0. The Hall–Kier alpha value is -2.70. The van der Waals surface area contributed by atoms with Crippen LogP contribution in [0, 0.1) is 0 Å². The molecule has 0 unspecified atom stereocenters. The van der Waals surface area contributed by atoms with Gasteiger partial charge in [-0.3, -0.25) is 9.59 Å². The first-order valence-electron chi connectivity index (χ1n) is 4.68. The van der Waals surface area contributed by atoms with E-state index in [0.29, 0.717) is 5.76 Å². The molecular weight excluding hydrogens is 224 g/mol. The third kappa shape index (κ3) is 2.88. The van der Waals surface area contributed by atoms with Crippen molar-refractivity contribution in [1.29, 1.82) is 0 Å². The molecule has 0 aromatic carbocycles. The summed E-state index contributed by atoms with van der Waals surface area (Å²) < 4.78 is 4.97. The number of amides is 1. The van der Waals surface area contributed by atoms with Crippen molar-refractivity contribution >= 4 is 12.1 Å². The lowest BCUT2D eigenvalue weighted by Crippen LogP contribution is -2.21. The average molecular weight is 232 g/mol. The van der Waals surface area contributed by atoms with Gasteiger partial charge in [-0.05, 0) is 18.2 Å². The van der Waals surface area contributed by atoms with Gasteiger partial charge < -0.3 is 4.42 Å². The number of rotatable bonds is 3. The normalized spacial score (nSPS) is 10.6. The van der Waals surface area contributed by atoms with Crippen LogP contribution in [-0.2, 0) is 0 Å². The molecule has 0 saturated carbocycles. The number of furan rings is 1. The Morgan fingerprint density at radius 2 is 2.35 bits per heavy atom. The van der Waals surface area contributed by atoms with E-state index in [4.69, 9.17) is 4.42 Å². The number of nitrogens with one attached hydrogen (secondary N) is 2. The summed E-state index contributed by atoms with van der Waals surface area (Å²) >= 11 is 0. The average Bonchev–Trinajstić information content (AvgIpc) is 2.83. The molecule has 0 atom stereocenters. The van der Waals surface area contributed by atoms with Crippen LogP contribution in [0.5, 0.6) is 0 Å². The maximum atomic E-state index is 11.4. The second-order valence-electron chi connectivity index (χ2n) is 3.02. The van der Waals surface area contributed by atoms with E-state index in [-0.39, 0.29) is 11.3 Å². The van der Waals surface area contributed by atoms with E-state index in [9.17, 15) is 9.59 Å². The molecule has 7 heteroatoms. The van der Waals surface area contributed by atoms with Crippen LogP contribution in [0.2, 0.25) is 0 Å². The highest BCUT2D eigenvalue weighted by Gasteiger charge is 2.05. The summed E-state index contributed by atoms with van der Waals surface area (Å²) in [5.41, 5.74) is 1.94. The van der Waals surface area contributed by atoms with E-state index in [1.807, 2.05) is 0 Å². The minimum absolute atomic E-state index is 0.0706. The number of aromatic amines is 1. The molecule has 0 aliphatic rings. The van der Waals surface area contributed by atoms with Gasteiger partial charge in [-0.2, -0.15) is 10.2 Å². The lowest BCUT2D eigenvalue weighted by molar-refractivity contribution is 0.0949. The lowest BCUT2D eigenvalue weighted by atomic mass is 10.4. The third-order valence-corrected chi connectivity index (χ3v) is 1.81. The molecule has 0 fully saturated rings. The molecule has 1 amide bonds. The Morgan fingerprint density at radius 3 is 3.00 bits per heavy atom. The summed E-state index contributed by atoms with van der Waals surface area (Å²) in [6, 6.07) is 5.90. The van der Waals surface area contributed by atoms with Crippen LogP contribution in [-0.4, -0.2) is 22.3 Å². The molecule has 7 nitrogen and oxygen atoms in total. The largest absolute Gasteiger partial charge is 0.463 e. The number of hydrogen-bond acceptors (Lipinski definition) is 5. The van der Waals surface area contributed by atoms with Crippen LogP contribution in [0.25, 0.3) is 0 Å². The fourth-order valence-corrected chi connectivity index (χ4v) is 1.05. The fraction of sp³-hybridized carbons (Fsp3) is 0. The van der Waals surface area contributed by atoms with Crippen molar-refractivity contribution in [3.63, 3.8) is 0 Å². The Labute approximate surface area is 95.2 Å². The second kappa shape index (κ2) is 4.88. The van der Waals surface area contributed by atoms with Gasteiger partial charge in [-0.15, -0.1) is 0 Å². The molecule has 2 N–H and O–H groups in total. The number of H-pyrrole nitrogens is 1. The number of aromatic nitrogens is 2. The molecule has 2 heterocycles. The van der Waals surface area contributed by atoms with Gasteiger partial charge in [0.05, 0.1) is 12.5 Å². The van der Waals surface area contributed by atoms with E-state index >= 15 is 0 Å². The Bertz CT molecular complexity index is 565. The van der Waals surface area contributed by atoms with Gasteiger partial charge in [-0.1, -0.05) is 0 Å². The van der Waals surface area contributed by atoms with Crippen molar-refractivity contribution in [1.82, 2.24) is 15.6 Å². The molecule has 0 bridgehead atoms. The van der Waals surface area contributed by atoms with Crippen LogP contribution in [0.4, 0.5) is 0 Å². The van der Waals surface area contributed by atoms with Gasteiger partial charge in [0.15, 0.2) is 5.69 Å². The van der Waals surface area contributed by atoms with Gasteiger partial charge in [0.2, 0.25) is 0 Å². The summed E-state index contributed by atoms with van der Waals surface area (Å²) in [4.78, 5) is 22.2. The van der Waals surface area contributed by atoms with Gasteiger partial charge in [0.25, 0.3) is 11.5 Å². The minimum Gasteiger partial charge on any atom is -0.463 e. The van der Waals surface area contributed by atoms with E-state index in [0.717, 1.165) is 0 Å². The SMILES string of the molecule is O=C(N/N=C\c1ccco1)c1ccc(=O)[nH]n1. The first-order chi connectivity index (χ1) is 8.25. The number of hydrogen-bond donors (Lipinski definition) is 2. The van der Waals surface area contributed by atoms with Crippen molar-refractivity contribution in [2.75, 3.05) is 0 Å². The zero-order chi connectivity index (χ0) is 12.1. The summed E-state index contributed by atoms with van der Waals surface area (Å²) in [6.07, 6.45) is 2.84. The molecule has 0 aliphatic heterocycles. The predicted molar refractivity (Wildman–Crippen MR) is 58.6 cm³/mol. The van der Waals surface area contributed by atoms with Crippen molar-refractivity contribution < 1.29 is 9.21 Å². The molecule has 0 aliphatic carbocycles. The van der Waals surface area contributed by atoms with Gasteiger partial charge in [0.1, 0.15) is 5.76 Å². The summed E-state index contributed by atoms with van der Waals surface area (Å²) in [5.74, 6) is -0.0104. The van der Waals surface area contributed by atoms with Gasteiger partial charge in [-0.25, -0.2) is 10.5 Å². The first kappa shape index (κ1) is 10.8. The maximum absolute atomic E-state index is 11.4. The molecule has 2 rings (SSSR count). The summed E-state index contributed by atoms with van der Waals surface area (Å²) in [6.45, 7) is 0. The van der Waals surface area contributed by atoms with Crippen molar-refractivity contribution in [3.8, 4) is 0 Å². The molecule has 2 aromatic heterocycles. The Balaban J connectivity index is 1.98. The number of carbonyl (C=O) groups excluding carboxylic acids is 1. The molecule has 17 heavy (non-hydrogen) atoms. The molecule has 2 aromatic rings. The number of nitrogens with zero attached hydrogens (tertiary/aromatic N) is 2. The maximum Gasteiger partial charge on any atom is 0.291 e. The van der Waals surface area contributed by atoms with Crippen LogP contribution in [0.15, 0.2) is 44.8 Å². The molecule has 86 valence electrons. The Kier molecular flexibility index (Phi) is 3.10. The topological polar surface area (TPSA) is 100 Å². The molecular formula is C10H8N4O3. The lowest BCUT2D eigenvalue weighted by Gasteiger charge is -1.96. The van der Waals surface area contributed by atoms with Crippen LogP contribution in [0.3, 0.4) is 0 Å². The number of carbonyl (C=O) groups is 1. The standard InChI is InChI=1S/C10H8N4O3/c15-9-4-3-8(12-13-9)10(16)14-11-6-7-2-1-5-17-7/h1-6H,(H,13,15)(H,14,16)/b11-6-. The smallest absolute Gasteiger partial charge is 0.291 e. The molecule has 0 saturated heterocycles. The highest BCUT2D eigenvalue weighted by molar-refractivity contribution is 5.92. The molecule has 0 radical (unpaired) electrons. The van der Waals surface area contributed by atoms with E-state index in [1.165, 1.54) is 24.6 Å². The van der Waals surface area contributed by atoms with E-state index in [1.54, 1.807) is 12.1 Å². The highest BCUT2D eigenvalue weighted by Crippen LogP contribution is 1.94. The second-order valence-corrected chi connectivity index (χ2v) is 3.02. The third-order valence-electron chi connectivity index (χ3n) is 1.81. The van der Waals surface area contributed by atoms with Crippen molar-refractivity contribution in [3.05, 3.63) is 52.3 Å². The fourth-order valence-electron chi connectivity index (χ4n) is 1.05. The van der Waals surface area contributed by atoms with E-state index in [2.05, 4.69) is 20.7 Å². The Morgan fingerprint density at radius 1 is 1.47 bits per heavy atom. The van der Waals surface area contributed by atoms with Gasteiger partial charge in [0, 0.05) is 6.07 Å². The number of hydrazone groups is 1. The summed E-state index contributed by atoms with van der Waals surface area (Å²) in [5, 5.41) is 9.36. The van der Waals surface area contributed by atoms with Crippen molar-refractivity contribution in [2.24, 2.45) is 5.10 Å². The van der Waals surface area contributed by atoms with Gasteiger partial charge >= 0.3 is 0 Å².